The number of rotatable bonds is 5. The van der Waals surface area contributed by atoms with Gasteiger partial charge in [0, 0.05) is 25.0 Å². The highest BCUT2D eigenvalue weighted by Crippen LogP contribution is 2.07. The van der Waals surface area contributed by atoms with Gasteiger partial charge in [0.2, 0.25) is 5.91 Å². The van der Waals surface area contributed by atoms with Crippen LogP contribution in [0.5, 0.6) is 0 Å². The van der Waals surface area contributed by atoms with E-state index in [1.54, 1.807) is 12.4 Å². The predicted molar refractivity (Wildman–Crippen MR) is 66.6 cm³/mol. The van der Waals surface area contributed by atoms with Crippen LogP contribution in [0.15, 0.2) is 24.5 Å². The summed E-state index contributed by atoms with van der Waals surface area (Å²) in [6.07, 6.45) is 7.40. The van der Waals surface area contributed by atoms with Crippen LogP contribution in [-0.4, -0.2) is 30.0 Å². The molecular weight excluding hydrogens is 214 g/mol. The fraction of sp³-hybridized carbons (Fsp3) is 0.538. The lowest BCUT2D eigenvalue weighted by molar-refractivity contribution is -0.120. The van der Waals surface area contributed by atoms with Crippen molar-refractivity contribution in [2.45, 2.75) is 31.7 Å². The second-order valence-corrected chi connectivity index (χ2v) is 4.46. The van der Waals surface area contributed by atoms with E-state index >= 15 is 0 Å². The van der Waals surface area contributed by atoms with Gasteiger partial charge in [0.1, 0.15) is 0 Å². The first-order valence-corrected chi connectivity index (χ1v) is 6.23. The van der Waals surface area contributed by atoms with E-state index in [1.165, 1.54) is 12.8 Å². The number of pyridine rings is 1. The number of carbonyl (C=O) groups is 1. The largest absolute Gasteiger partial charge is 0.356 e. The summed E-state index contributed by atoms with van der Waals surface area (Å²) in [4.78, 5) is 15.6. The van der Waals surface area contributed by atoms with Crippen LogP contribution in [0.1, 0.15) is 24.8 Å². The number of amides is 1. The molecule has 0 saturated carbocycles. The van der Waals surface area contributed by atoms with Gasteiger partial charge in [-0.25, -0.2) is 0 Å². The topological polar surface area (TPSA) is 54.0 Å². The van der Waals surface area contributed by atoms with Crippen molar-refractivity contribution in [1.29, 1.82) is 0 Å². The molecule has 2 rings (SSSR count). The molecule has 1 amide bonds. The SMILES string of the molecule is O=C(Cc1ccncc1)NCC[C@@H]1CCCN1. The minimum Gasteiger partial charge on any atom is -0.356 e. The lowest BCUT2D eigenvalue weighted by atomic mass is 10.1. The monoisotopic (exact) mass is 233 g/mol. The number of carbonyl (C=O) groups excluding carboxylic acids is 1. The molecular formula is C13H19N3O. The Labute approximate surface area is 102 Å². The summed E-state index contributed by atoms with van der Waals surface area (Å²) in [5.41, 5.74) is 1.01. The highest BCUT2D eigenvalue weighted by molar-refractivity contribution is 5.78. The molecule has 1 aromatic rings. The van der Waals surface area contributed by atoms with E-state index < -0.39 is 0 Å². The van der Waals surface area contributed by atoms with Crippen molar-refractivity contribution in [3.63, 3.8) is 0 Å². The summed E-state index contributed by atoms with van der Waals surface area (Å²) >= 11 is 0. The minimum absolute atomic E-state index is 0.0918. The third kappa shape index (κ3) is 4.15. The van der Waals surface area contributed by atoms with E-state index in [-0.39, 0.29) is 5.91 Å². The number of aromatic nitrogens is 1. The summed E-state index contributed by atoms with van der Waals surface area (Å²) in [5.74, 6) is 0.0918. The van der Waals surface area contributed by atoms with E-state index in [2.05, 4.69) is 15.6 Å². The molecule has 1 atom stereocenters. The van der Waals surface area contributed by atoms with Gasteiger partial charge in [0.15, 0.2) is 0 Å². The Hall–Kier alpha value is -1.42. The van der Waals surface area contributed by atoms with Gasteiger partial charge in [-0.2, -0.15) is 0 Å². The van der Waals surface area contributed by atoms with Crippen molar-refractivity contribution in [1.82, 2.24) is 15.6 Å². The lowest BCUT2D eigenvalue weighted by Crippen LogP contribution is -2.31. The van der Waals surface area contributed by atoms with Gasteiger partial charge in [-0.05, 0) is 43.5 Å². The zero-order chi connectivity index (χ0) is 11.9. The maximum absolute atomic E-state index is 11.6. The van der Waals surface area contributed by atoms with Crippen LogP contribution >= 0.6 is 0 Å². The first kappa shape index (κ1) is 12.0. The summed E-state index contributed by atoms with van der Waals surface area (Å²) in [6, 6.07) is 4.34. The fourth-order valence-electron chi connectivity index (χ4n) is 2.14. The van der Waals surface area contributed by atoms with Gasteiger partial charge in [-0.1, -0.05) is 0 Å². The first-order valence-electron chi connectivity index (χ1n) is 6.23. The van der Waals surface area contributed by atoms with E-state index in [0.717, 1.165) is 25.1 Å². The van der Waals surface area contributed by atoms with Crippen molar-refractivity contribution in [2.24, 2.45) is 0 Å². The molecule has 1 aliphatic rings. The zero-order valence-electron chi connectivity index (χ0n) is 9.98. The fourth-order valence-corrected chi connectivity index (χ4v) is 2.14. The number of nitrogens with zero attached hydrogens (tertiary/aromatic N) is 1. The average Bonchev–Trinajstić information content (AvgIpc) is 2.83. The summed E-state index contributed by atoms with van der Waals surface area (Å²) in [6.45, 7) is 1.89. The molecule has 0 unspecified atom stereocenters. The highest BCUT2D eigenvalue weighted by Gasteiger charge is 2.13. The Morgan fingerprint density at radius 2 is 2.29 bits per heavy atom. The standard InChI is InChI=1S/C13H19N3O/c17-13(10-11-3-7-14-8-4-11)16-9-5-12-2-1-6-15-12/h3-4,7-8,12,15H,1-2,5-6,9-10H2,(H,16,17)/t12-/m0/s1. The molecule has 1 aromatic heterocycles. The first-order chi connectivity index (χ1) is 8.34. The number of hydrogen-bond acceptors (Lipinski definition) is 3. The molecule has 1 aliphatic heterocycles. The van der Waals surface area contributed by atoms with Crippen molar-refractivity contribution in [2.75, 3.05) is 13.1 Å². The van der Waals surface area contributed by atoms with Crippen LogP contribution in [0.3, 0.4) is 0 Å². The van der Waals surface area contributed by atoms with Crippen molar-refractivity contribution >= 4 is 5.91 Å². The van der Waals surface area contributed by atoms with Crippen LogP contribution < -0.4 is 10.6 Å². The molecule has 4 nitrogen and oxygen atoms in total. The van der Waals surface area contributed by atoms with Crippen LogP contribution in [0.25, 0.3) is 0 Å². The van der Waals surface area contributed by atoms with Gasteiger partial charge in [-0.15, -0.1) is 0 Å². The Kier molecular flexibility index (Phi) is 4.50. The Bertz CT molecular complexity index is 347. The second-order valence-electron chi connectivity index (χ2n) is 4.46. The molecule has 2 N–H and O–H groups in total. The van der Waals surface area contributed by atoms with E-state index in [1.807, 2.05) is 12.1 Å². The number of hydrogen-bond donors (Lipinski definition) is 2. The molecule has 1 saturated heterocycles. The zero-order valence-corrected chi connectivity index (χ0v) is 9.98. The van der Waals surface area contributed by atoms with Crippen LogP contribution in [0.2, 0.25) is 0 Å². The molecule has 17 heavy (non-hydrogen) atoms. The van der Waals surface area contributed by atoms with Crippen LogP contribution in [0.4, 0.5) is 0 Å². The Balaban J connectivity index is 1.64. The molecule has 0 aromatic carbocycles. The third-order valence-corrected chi connectivity index (χ3v) is 3.09. The van der Waals surface area contributed by atoms with Crippen molar-refractivity contribution in [3.8, 4) is 0 Å². The maximum Gasteiger partial charge on any atom is 0.224 e. The van der Waals surface area contributed by atoms with Gasteiger partial charge in [-0.3, -0.25) is 9.78 Å². The molecule has 0 spiro atoms. The summed E-state index contributed by atoms with van der Waals surface area (Å²) in [7, 11) is 0. The quantitative estimate of drug-likeness (QED) is 0.794. The highest BCUT2D eigenvalue weighted by atomic mass is 16.1. The van der Waals surface area contributed by atoms with Gasteiger partial charge >= 0.3 is 0 Å². The van der Waals surface area contributed by atoms with Crippen LogP contribution in [-0.2, 0) is 11.2 Å². The van der Waals surface area contributed by atoms with Gasteiger partial charge < -0.3 is 10.6 Å². The molecule has 0 radical (unpaired) electrons. The third-order valence-electron chi connectivity index (χ3n) is 3.09. The van der Waals surface area contributed by atoms with E-state index in [9.17, 15) is 4.79 Å². The minimum atomic E-state index is 0.0918. The Morgan fingerprint density at radius 3 is 3.00 bits per heavy atom. The van der Waals surface area contributed by atoms with Gasteiger partial charge in [0.05, 0.1) is 6.42 Å². The van der Waals surface area contributed by atoms with E-state index in [0.29, 0.717) is 12.5 Å². The maximum atomic E-state index is 11.6. The lowest BCUT2D eigenvalue weighted by Gasteiger charge is -2.10. The molecule has 1 fully saturated rings. The summed E-state index contributed by atoms with van der Waals surface area (Å²) in [5, 5.41) is 6.38. The van der Waals surface area contributed by atoms with Crippen molar-refractivity contribution < 1.29 is 4.79 Å². The molecule has 0 aliphatic carbocycles. The van der Waals surface area contributed by atoms with Crippen molar-refractivity contribution in [3.05, 3.63) is 30.1 Å². The smallest absolute Gasteiger partial charge is 0.224 e. The summed E-state index contributed by atoms with van der Waals surface area (Å²) < 4.78 is 0. The molecule has 4 heteroatoms. The number of nitrogens with one attached hydrogen (secondary N) is 2. The molecule has 92 valence electrons. The van der Waals surface area contributed by atoms with E-state index in [4.69, 9.17) is 0 Å². The normalized spacial score (nSPS) is 19.2. The average molecular weight is 233 g/mol. The Morgan fingerprint density at radius 1 is 1.47 bits per heavy atom. The molecule has 0 bridgehead atoms. The predicted octanol–water partition coefficient (Wildman–Crippen LogP) is 0.882. The van der Waals surface area contributed by atoms with Gasteiger partial charge in [0.25, 0.3) is 0 Å². The molecule has 2 heterocycles. The second kappa shape index (κ2) is 6.35. The van der Waals surface area contributed by atoms with Crippen LogP contribution in [0, 0.1) is 0 Å².